The van der Waals surface area contributed by atoms with Crippen LogP contribution in [0.3, 0.4) is 0 Å². The summed E-state index contributed by atoms with van der Waals surface area (Å²) in [5.74, 6) is 2.53. The van der Waals surface area contributed by atoms with E-state index in [-0.39, 0.29) is 0 Å². The molecule has 1 atom stereocenters. The van der Waals surface area contributed by atoms with E-state index in [1.165, 1.54) is 302 Å². The van der Waals surface area contributed by atoms with Crippen LogP contribution in [-0.4, -0.2) is 51.2 Å². The van der Waals surface area contributed by atoms with E-state index in [1.807, 2.05) is 7.05 Å². The quantitative estimate of drug-likeness (QED) is 0.0420. The zero-order chi connectivity index (χ0) is 50.4. The van der Waals surface area contributed by atoms with Crippen molar-refractivity contribution < 1.29 is 0 Å². The topological polar surface area (TPSA) is 39.3 Å². The van der Waals surface area contributed by atoms with Crippen LogP contribution in [0.4, 0.5) is 0 Å². The van der Waals surface area contributed by atoms with Gasteiger partial charge in [0.25, 0.3) is 0 Å². The second-order valence-corrected chi connectivity index (χ2v) is 22.4. The van der Waals surface area contributed by atoms with E-state index in [0.717, 1.165) is 50.3 Å². The Morgan fingerprint density at radius 3 is 0.942 bits per heavy atom. The Balaban J connectivity index is 4.62. The minimum absolute atomic E-state index is 0.778. The second kappa shape index (κ2) is 56.0. The summed E-state index contributed by atoms with van der Waals surface area (Å²) in [4.78, 5) is 2.75. The van der Waals surface area contributed by atoms with Crippen LogP contribution in [0.25, 0.3) is 0 Å². The van der Waals surface area contributed by atoms with Gasteiger partial charge in [0.05, 0.1) is 5.82 Å². The lowest BCUT2D eigenvalue weighted by Gasteiger charge is -2.23. The fourth-order valence-electron chi connectivity index (χ4n) is 10.8. The van der Waals surface area contributed by atoms with Crippen LogP contribution in [0.15, 0.2) is 36.7 Å². The van der Waals surface area contributed by atoms with Crippen LogP contribution in [0.2, 0.25) is 0 Å². The highest BCUT2D eigenvalue weighted by Gasteiger charge is 2.14. The lowest BCUT2D eigenvalue weighted by Crippen LogP contribution is -2.36. The molecule has 3 N–H and O–H groups in total. The van der Waals surface area contributed by atoms with Crippen LogP contribution in [-0.2, 0) is 0 Å². The lowest BCUT2D eigenvalue weighted by atomic mass is 9.86. The molecule has 0 spiro atoms. The molecule has 410 valence electrons. The van der Waals surface area contributed by atoms with E-state index in [9.17, 15) is 0 Å². The van der Waals surface area contributed by atoms with Crippen LogP contribution < -0.4 is 16.0 Å². The van der Waals surface area contributed by atoms with Gasteiger partial charge in [-0.05, 0) is 109 Å². The molecule has 4 heteroatoms. The number of nitrogens with zero attached hydrogens (tertiary/aromatic N) is 1. The highest BCUT2D eigenvalue weighted by Crippen LogP contribution is 2.30. The van der Waals surface area contributed by atoms with Crippen molar-refractivity contribution in [2.45, 2.75) is 323 Å². The average Bonchev–Trinajstić information content (AvgIpc) is 3.35. The summed E-state index contributed by atoms with van der Waals surface area (Å²) in [6.45, 7) is 29.5. The van der Waals surface area contributed by atoms with Gasteiger partial charge in [0.15, 0.2) is 0 Å². The van der Waals surface area contributed by atoms with E-state index in [2.05, 4.69) is 55.1 Å². The predicted molar refractivity (Wildman–Crippen MR) is 316 cm³/mol. The highest BCUT2D eigenvalue weighted by molar-refractivity contribution is 5.01. The molecule has 0 rings (SSSR count). The SMILES string of the molecule is C=C(NCCCNC)NCCN(CCCCCCCCCC(=C)C(CCCCCCCC)CCCCCCCC)CCCCCCCCCC(=C)C(CCCCCCCC)CCCCCCCCC. The Hall–Kier alpha value is -1.26. The molecule has 0 heterocycles. The third-order valence-corrected chi connectivity index (χ3v) is 15.7. The summed E-state index contributed by atoms with van der Waals surface area (Å²) < 4.78 is 0. The van der Waals surface area contributed by atoms with Gasteiger partial charge in [-0.1, -0.05) is 283 Å². The molecule has 0 fully saturated rings. The van der Waals surface area contributed by atoms with E-state index in [1.54, 1.807) is 11.1 Å². The molecule has 0 saturated heterocycles. The fraction of sp³-hybridized carbons (Fsp3) is 0.908. The number of allylic oxidation sites excluding steroid dienone is 2. The van der Waals surface area contributed by atoms with E-state index >= 15 is 0 Å². The Morgan fingerprint density at radius 2 is 0.609 bits per heavy atom. The molecular weight excluding hydrogens is 837 g/mol. The molecule has 0 radical (unpaired) electrons. The van der Waals surface area contributed by atoms with Crippen molar-refractivity contribution in [3.63, 3.8) is 0 Å². The minimum atomic E-state index is 0.778. The smallest absolute Gasteiger partial charge is 0.0912 e. The summed E-state index contributed by atoms with van der Waals surface area (Å²) in [6.07, 6.45) is 63.9. The Bertz CT molecular complexity index is 1040. The fourth-order valence-corrected chi connectivity index (χ4v) is 10.8. The molecule has 0 aliphatic heterocycles. The second-order valence-electron chi connectivity index (χ2n) is 22.4. The van der Waals surface area contributed by atoms with E-state index < -0.39 is 0 Å². The Kier molecular flexibility index (Phi) is 55.0. The van der Waals surface area contributed by atoms with Gasteiger partial charge in [-0.2, -0.15) is 0 Å². The number of rotatable bonds is 60. The zero-order valence-corrected chi connectivity index (χ0v) is 48.5. The number of nitrogens with one attached hydrogen (secondary N) is 3. The summed E-state index contributed by atoms with van der Waals surface area (Å²) in [7, 11) is 2.02. The van der Waals surface area contributed by atoms with Gasteiger partial charge in [0.2, 0.25) is 0 Å². The highest BCUT2D eigenvalue weighted by atomic mass is 15.2. The predicted octanol–water partition coefficient (Wildman–Crippen LogP) is 20.5. The monoisotopic (exact) mass is 967 g/mol. The standard InChI is InChI=1S/C65H130N4/c1-9-13-17-21-27-37-45-54-65(53-44-36-24-20-16-12-4)62(6)50-41-33-29-26-31-39-47-59-69(60-57-68-63(7)67-56-48-55-66-8)58-46-38-30-25-28-32-40-49-61(5)64(51-42-34-22-18-14-10-2)52-43-35-23-19-15-11-3/h64-68H,5-7,9-60H2,1-4,8H3. The molecule has 0 aliphatic rings. The largest absolute Gasteiger partial charge is 0.372 e. The molecule has 0 aromatic heterocycles. The van der Waals surface area contributed by atoms with Crippen molar-refractivity contribution in [1.82, 2.24) is 20.9 Å². The molecule has 0 bridgehead atoms. The van der Waals surface area contributed by atoms with Crippen LogP contribution >= 0.6 is 0 Å². The maximum Gasteiger partial charge on any atom is 0.0912 e. The first kappa shape index (κ1) is 67.7. The molecule has 1 unspecified atom stereocenters. The molecule has 69 heavy (non-hydrogen) atoms. The number of unbranched alkanes of at least 4 members (excludes halogenated alkanes) is 33. The minimum Gasteiger partial charge on any atom is -0.372 e. The van der Waals surface area contributed by atoms with Crippen LogP contribution in [0.5, 0.6) is 0 Å². The first-order valence-electron chi connectivity index (χ1n) is 31.8. The molecule has 0 aromatic carbocycles. The number of hydrogen-bond donors (Lipinski definition) is 3. The maximum absolute atomic E-state index is 4.71. The van der Waals surface area contributed by atoms with Crippen molar-refractivity contribution in [2.24, 2.45) is 11.8 Å². The number of hydrogen-bond acceptors (Lipinski definition) is 4. The van der Waals surface area contributed by atoms with Gasteiger partial charge in [-0.25, -0.2) is 0 Å². The molecule has 4 nitrogen and oxygen atoms in total. The van der Waals surface area contributed by atoms with Crippen molar-refractivity contribution >= 4 is 0 Å². The first-order chi connectivity index (χ1) is 33.9. The van der Waals surface area contributed by atoms with E-state index in [4.69, 9.17) is 13.2 Å². The Morgan fingerprint density at radius 1 is 0.319 bits per heavy atom. The van der Waals surface area contributed by atoms with Crippen LogP contribution in [0, 0.1) is 11.8 Å². The van der Waals surface area contributed by atoms with Gasteiger partial charge in [0, 0.05) is 19.6 Å². The van der Waals surface area contributed by atoms with Crippen molar-refractivity contribution in [3.8, 4) is 0 Å². The summed E-state index contributed by atoms with van der Waals surface area (Å²) in [5, 5.41) is 10.3. The third kappa shape index (κ3) is 48.8. The van der Waals surface area contributed by atoms with Gasteiger partial charge in [0.1, 0.15) is 0 Å². The average molecular weight is 968 g/mol. The molecular formula is C65H130N4. The molecule has 0 saturated carbocycles. The molecule has 0 aromatic rings. The van der Waals surface area contributed by atoms with Gasteiger partial charge < -0.3 is 20.9 Å². The molecule has 0 amide bonds. The Labute approximate surface area is 436 Å². The normalized spacial score (nSPS) is 12.1. The van der Waals surface area contributed by atoms with Gasteiger partial charge in [-0.3, -0.25) is 0 Å². The van der Waals surface area contributed by atoms with E-state index in [0.29, 0.717) is 0 Å². The maximum atomic E-state index is 4.71. The first-order valence-corrected chi connectivity index (χ1v) is 31.8. The van der Waals surface area contributed by atoms with Crippen molar-refractivity contribution in [3.05, 3.63) is 36.7 Å². The third-order valence-electron chi connectivity index (χ3n) is 15.7. The zero-order valence-electron chi connectivity index (χ0n) is 48.5. The van der Waals surface area contributed by atoms with Gasteiger partial charge in [-0.15, -0.1) is 0 Å². The van der Waals surface area contributed by atoms with Gasteiger partial charge >= 0.3 is 0 Å². The molecule has 0 aliphatic carbocycles. The van der Waals surface area contributed by atoms with Crippen molar-refractivity contribution in [2.75, 3.05) is 46.3 Å². The summed E-state index contributed by atoms with van der Waals surface area (Å²) >= 11 is 0. The van der Waals surface area contributed by atoms with Crippen molar-refractivity contribution in [1.29, 1.82) is 0 Å². The summed E-state index contributed by atoms with van der Waals surface area (Å²) in [6, 6.07) is 0. The lowest BCUT2D eigenvalue weighted by molar-refractivity contribution is 0.261. The summed E-state index contributed by atoms with van der Waals surface area (Å²) in [5.41, 5.74) is 3.18. The van der Waals surface area contributed by atoms with Crippen LogP contribution in [0.1, 0.15) is 323 Å².